The number of ether oxygens (including phenoxy) is 1. The van der Waals surface area contributed by atoms with E-state index >= 15 is 0 Å². The SMILES string of the molecule is Cc1ccccc1OCC(O)CNC(C)(C)C(C)O. The highest BCUT2D eigenvalue weighted by Crippen LogP contribution is 2.16. The lowest BCUT2D eigenvalue weighted by atomic mass is 9.99. The van der Waals surface area contributed by atoms with E-state index in [0.29, 0.717) is 6.54 Å². The standard InChI is InChI=1S/C15H25NO3/c1-11-7-5-6-8-14(11)19-10-13(18)9-16-15(3,4)12(2)17/h5-8,12-13,16-18H,9-10H2,1-4H3. The van der Waals surface area contributed by atoms with Gasteiger partial charge in [0, 0.05) is 12.1 Å². The zero-order chi connectivity index (χ0) is 14.5. The van der Waals surface area contributed by atoms with Crippen LogP contribution < -0.4 is 10.1 Å². The number of para-hydroxylation sites is 1. The van der Waals surface area contributed by atoms with E-state index in [1.807, 2.05) is 45.0 Å². The van der Waals surface area contributed by atoms with Gasteiger partial charge < -0.3 is 20.3 Å². The fraction of sp³-hybridized carbons (Fsp3) is 0.600. The van der Waals surface area contributed by atoms with Crippen LogP contribution in [0, 0.1) is 6.92 Å². The summed E-state index contributed by atoms with van der Waals surface area (Å²) >= 11 is 0. The number of hydrogen-bond acceptors (Lipinski definition) is 4. The molecule has 0 saturated carbocycles. The van der Waals surface area contributed by atoms with Crippen LogP contribution in [0.5, 0.6) is 5.75 Å². The first kappa shape index (κ1) is 16.0. The summed E-state index contributed by atoms with van der Waals surface area (Å²) in [6, 6.07) is 7.71. The maximum Gasteiger partial charge on any atom is 0.122 e. The quantitative estimate of drug-likeness (QED) is 0.700. The van der Waals surface area contributed by atoms with Gasteiger partial charge in [0.05, 0.1) is 6.10 Å². The first-order valence-corrected chi connectivity index (χ1v) is 6.62. The number of rotatable bonds is 7. The Morgan fingerprint density at radius 2 is 1.89 bits per heavy atom. The molecule has 0 saturated heterocycles. The van der Waals surface area contributed by atoms with Crippen LogP contribution in [0.4, 0.5) is 0 Å². The summed E-state index contributed by atoms with van der Waals surface area (Å²) in [4.78, 5) is 0. The van der Waals surface area contributed by atoms with Gasteiger partial charge in [0.1, 0.15) is 18.5 Å². The predicted molar refractivity (Wildman–Crippen MR) is 76.4 cm³/mol. The van der Waals surface area contributed by atoms with Crippen LogP contribution in [-0.2, 0) is 0 Å². The molecule has 2 atom stereocenters. The highest BCUT2D eigenvalue weighted by atomic mass is 16.5. The number of benzene rings is 1. The van der Waals surface area contributed by atoms with Crippen LogP contribution in [-0.4, -0.2) is 41.1 Å². The van der Waals surface area contributed by atoms with Crippen molar-refractivity contribution in [2.45, 2.75) is 45.4 Å². The molecule has 0 spiro atoms. The van der Waals surface area contributed by atoms with Crippen molar-refractivity contribution in [1.82, 2.24) is 5.32 Å². The van der Waals surface area contributed by atoms with E-state index < -0.39 is 17.7 Å². The third-order valence-corrected chi connectivity index (χ3v) is 3.36. The lowest BCUT2D eigenvalue weighted by Crippen LogP contribution is -2.51. The van der Waals surface area contributed by atoms with Gasteiger partial charge >= 0.3 is 0 Å². The van der Waals surface area contributed by atoms with Crippen molar-refractivity contribution in [2.24, 2.45) is 0 Å². The van der Waals surface area contributed by atoms with E-state index in [9.17, 15) is 10.2 Å². The molecular formula is C15H25NO3. The third-order valence-electron chi connectivity index (χ3n) is 3.36. The number of β-amino-alcohol motifs (C(OH)–C–C–N with tert-alkyl or cyclic N) is 1. The van der Waals surface area contributed by atoms with Gasteiger partial charge in [0.2, 0.25) is 0 Å². The summed E-state index contributed by atoms with van der Waals surface area (Å²) in [6.45, 7) is 8.09. The highest BCUT2D eigenvalue weighted by Gasteiger charge is 2.24. The lowest BCUT2D eigenvalue weighted by Gasteiger charge is -2.30. The molecule has 19 heavy (non-hydrogen) atoms. The molecule has 3 N–H and O–H groups in total. The molecule has 0 fully saturated rings. The third kappa shape index (κ3) is 5.19. The Morgan fingerprint density at radius 1 is 1.26 bits per heavy atom. The highest BCUT2D eigenvalue weighted by molar-refractivity contribution is 5.31. The first-order valence-electron chi connectivity index (χ1n) is 6.62. The number of nitrogens with one attached hydrogen (secondary N) is 1. The Kier molecular flexibility index (Phi) is 5.79. The average molecular weight is 267 g/mol. The minimum Gasteiger partial charge on any atom is -0.491 e. The second-order valence-electron chi connectivity index (χ2n) is 5.51. The molecule has 0 aromatic heterocycles. The zero-order valence-corrected chi connectivity index (χ0v) is 12.2. The molecule has 4 heteroatoms. The fourth-order valence-corrected chi connectivity index (χ4v) is 1.49. The maximum absolute atomic E-state index is 9.88. The molecule has 108 valence electrons. The van der Waals surface area contributed by atoms with Crippen LogP contribution in [0.15, 0.2) is 24.3 Å². The van der Waals surface area contributed by atoms with E-state index in [-0.39, 0.29) is 6.61 Å². The van der Waals surface area contributed by atoms with E-state index in [1.165, 1.54) is 0 Å². The van der Waals surface area contributed by atoms with Crippen molar-refractivity contribution in [3.8, 4) is 5.75 Å². The molecule has 0 radical (unpaired) electrons. The van der Waals surface area contributed by atoms with Gasteiger partial charge in [-0.15, -0.1) is 0 Å². The molecule has 2 unspecified atom stereocenters. The first-order chi connectivity index (χ1) is 8.83. The van der Waals surface area contributed by atoms with Crippen molar-refractivity contribution in [1.29, 1.82) is 0 Å². The molecular weight excluding hydrogens is 242 g/mol. The summed E-state index contributed by atoms with van der Waals surface area (Å²) in [5, 5.41) is 22.6. The van der Waals surface area contributed by atoms with E-state index in [1.54, 1.807) is 6.92 Å². The van der Waals surface area contributed by atoms with Crippen LogP contribution in [0.1, 0.15) is 26.3 Å². The fourth-order valence-electron chi connectivity index (χ4n) is 1.49. The number of aliphatic hydroxyl groups excluding tert-OH is 2. The van der Waals surface area contributed by atoms with Crippen LogP contribution in [0.2, 0.25) is 0 Å². The van der Waals surface area contributed by atoms with Gasteiger partial charge in [0.15, 0.2) is 0 Å². The number of aryl methyl sites for hydroxylation is 1. The molecule has 0 heterocycles. The van der Waals surface area contributed by atoms with Gasteiger partial charge in [-0.25, -0.2) is 0 Å². The van der Waals surface area contributed by atoms with Gasteiger partial charge in [-0.05, 0) is 39.3 Å². The van der Waals surface area contributed by atoms with Crippen molar-refractivity contribution >= 4 is 0 Å². The molecule has 0 aliphatic carbocycles. The van der Waals surface area contributed by atoms with Crippen LogP contribution in [0.25, 0.3) is 0 Å². The Labute approximate surface area is 115 Å². The maximum atomic E-state index is 9.88. The lowest BCUT2D eigenvalue weighted by molar-refractivity contribution is 0.0647. The van der Waals surface area contributed by atoms with Crippen molar-refractivity contribution in [2.75, 3.05) is 13.2 Å². The largest absolute Gasteiger partial charge is 0.491 e. The Bertz CT molecular complexity index is 391. The molecule has 0 aliphatic rings. The normalized spacial score (nSPS) is 15.1. The van der Waals surface area contributed by atoms with E-state index in [4.69, 9.17) is 4.74 Å². The average Bonchev–Trinajstić information content (AvgIpc) is 2.35. The van der Waals surface area contributed by atoms with Gasteiger partial charge in [-0.2, -0.15) is 0 Å². The number of aliphatic hydroxyl groups is 2. The molecule has 1 aromatic rings. The van der Waals surface area contributed by atoms with Crippen LogP contribution in [0.3, 0.4) is 0 Å². The van der Waals surface area contributed by atoms with Crippen molar-refractivity contribution in [3.63, 3.8) is 0 Å². The van der Waals surface area contributed by atoms with Crippen LogP contribution >= 0.6 is 0 Å². The topological polar surface area (TPSA) is 61.7 Å². The summed E-state index contributed by atoms with van der Waals surface area (Å²) in [5.41, 5.74) is 0.621. The van der Waals surface area contributed by atoms with Gasteiger partial charge in [-0.1, -0.05) is 18.2 Å². The van der Waals surface area contributed by atoms with Crippen molar-refractivity contribution < 1.29 is 14.9 Å². The molecule has 0 aliphatic heterocycles. The summed E-state index contributed by atoms with van der Waals surface area (Å²) < 4.78 is 5.57. The van der Waals surface area contributed by atoms with Gasteiger partial charge in [0.25, 0.3) is 0 Å². The minimum absolute atomic E-state index is 0.230. The molecule has 0 bridgehead atoms. The Morgan fingerprint density at radius 3 is 2.47 bits per heavy atom. The smallest absolute Gasteiger partial charge is 0.122 e. The summed E-state index contributed by atoms with van der Waals surface area (Å²) in [5.74, 6) is 0.788. The Balaban J connectivity index is 2.37. The van der Waals surface area contributed by atoms with E-state index in [0.717, 1.165) is 11.3 Å². The summed E-state index contributed by atoms with van der Waals surface area (Å²) in [7, 11) is 0. The van der Waals surface area contributed by atoms with Gasteiger partial charge in [-0.3, -0.25) is 0 Å². The van der Waals surface area contributed by atoms with Crippen molar-refractivity contribution in [3.05, 3.63) is 29.8 Å². The molecule has 1 aromatic carbocycles. The Hall–Kier alpha value is -1.10. The predicted octanol–water partition coefficient (Wildman–Crippen LogP) is 1.48. The molecule has 0 amide bonds. The second kappa shape index (κ2) is 6.89. The van der Waals surface area contributed by atoms with E-state index in [2.05, 4.69) is 5.32 Å². The zero-order valence-electron chi connectivity index (χ0n) is 12.2. The minimum atomic E-state index is -0.613. The number of hydrogen-bond donors (Lipinski definition) is 3. The monoisotopic (exact) mass is 267 g/mol. The molecule has 4 nitrogen and oxygen atoms in total. The molecule has 1 rings (SSSR count). The second-order valence-corrected chi connectivity index (χ2v) is 5.51. The summed E-state index contributed by atoms with van der Waals surface area (Å²) in [6.07, 6.45) is -1.10.